The highest BCUT2D eigenvalue weighted by atomic mass is 16.5. The third-order valence-electron chi connectivity index (χ3n) is 3.22. The minimum absolute atomic E-state index is 0.135. The monoisotopic (exact) mass is 220 g/mol. The zero-order chi connectivity index (χ0) is 11.4. The van der Waals surface area contributed by atoms with Gasteiger partial charge in [0.1, 0.15) is 6.61 Å². The summed E-state index contributed by atoms with van der Waals surface area (Å²) in [5.41, 5.74) is 7.14. The lowest BCUT2D eigenvalue weighted by Gasteiger charge is -2.32. The van der Waals surface area contributed by atoms with Crippen molar-refractivity contribution in [3.63, 3.8) is 0 Å². The van der Waals surface area contributed by atoms with E-state index in [0.717, 1.165) is 18.5 Å². The highest BCUT2D eigenvalue weighted by molar-refractivity contribution is 5.14. The first-order chi connectivity index (χ1) is 7.68. The molecule has 1 aliphatic rings. The van der Waals surface area contributed by atoms with Gasteiger partial charge in [0.25, 0.3) is 0 Å². The smallest absolute Gasteiger partial charge is 0.213 e. The Kier molecular flexibility index (Phi) is 3.44. The van der Waals surface area contributed by atoms with E-state index >= 15 is 0 Å². The molecule has 1 aromatic heterocycles. The summed E-state index contributed by atoms with van der Waals surface area (Å²) in [6.07, 6.45) is 5.89. The molecule has 0 aliphatic heterocycles. The fourth-order valence-electron chi connectivity index (χ4n) is 2.22. The molecule has 0 amide bonds. The Bertz CT molecular complexity index is 346. The zero-order valence-electron chi connectivity index (χ0n) is 9.91. The maximum Gasteiger partial charge on any atom is 0.213 e. The molecule has 0 atom stereocenters. The highest BCUT2D eigenvalue weighted by Gasteiger charge is 2.28. The average Bonchev–Trinajstić information content (AvgIpc) is 2.28. The van der Waals surface area contributed by atoms with Crippen molar-refractivity contribution >= 4 is 0 Å². The van der Waals surface area contributed by atoms with Crippen molar-refractivity contribution in [1.82, 2.24) is 4.98 Å². The molecule has 1 aliphatic carbocycles. The number of aryl methyl sites for hydroxylation is 1. The molecule has 0 aromatic carbocycles. The summed E-state index contributed by atoms with van der Waals surface area (Å²) in [6, 6.07) is 5.81. The van der Waals surface area contributed by atoms with Crippen LogP contribution in [0.3, 0.4) is 0 Å². The van der Waals surface area contributed by atoms with Crippen molar-refractivity contribution in [3.05, 3.63) is 23.9 Å². The SMILES string of the molecule is Cc1cccc(OCC2(N)CCCCC2)n1. The predicted octanol–water partition coefficient (Wildman–Crippen LogP) is 2.43. The number of hydrogen-bond acceptors (Lipinski definition) is 3. The third-order valence-corrected chi connectivity index (χ3v) is 3.22. The van der Waals surface area contributed by atoms with Crippen LogP contribution in [0.4, 0.5) is 0 Å². The fraction of sp³-hybridized carbons (Fsp3) is 0.615. The van der Waals surface area contributed by atoms with E-state index in [1.165, 1.54) is 19.3 Å². The van der Waals surface area contributed by atoms with Gasteiger partial charge in [-0.25, -0.2) is 4.98 Å². The lowest BCUT2D eigenvalue weighted by atomic mass is 9.83. The van der Waals surface area contributed by atoms with Crippen LogP contribution >= 0.6 is 0 Å². The molecular formula is C13H20N2O. The Morgan fingerprint density at radius 1 is 1.31 bits per heavy atom. The van der Waals surface area contributed by atoms with Crippen molar-refractivity contribution in [2.45, 2.75) is 44.6 Å². The summed E-state index contributed by atoms with van der Waals surface area (Å²) in [5, 5.41) is 0. The molecule has 16 heavy (non-hydrogen) atoms. The largest absolute Gasteiger partial charge is 0.476 e. The first-order valence-electron chi connectivity index (χ1n) is 6.03. The van der Waals surface area contributed by atoms with Crippen molar-refractivity contribution < 1.29 is 4.74 Å². The number of ether oxygens (including phenoxy) is 1. The van der Waals surface area contributed by atoms with Gasteiger partial charge in [0.2, 0.25) is 5.88 Å². The van der Waals surface area contributed by atoms with Crippen LogP contribution in [0.1, 0.15) is 37.8 Å². The molecular weight excluding hydrogens is 200 g/mol. The number of pyridine rings is 1. The molecule has 0 unspecified atom stereocenters. The molecule has 3 nitrogen and oxygen atoms in total. The zero-order valence-corrected chi connectivity index (χ0v) is 9.91. The van der Waals surface area contributed by atoms with Crippen LogP contribution in [0.25, 0.3) is 0 Å². The molecule has 88 valence electrons. The van der Waals surface area contributed by atoms with Gasteiger partial charge in [-0.3, -0.25) is 0 Å². The van der Waals surface area contributed by atoms with Crippen molar-refractivity contribution in [2.75, 3.05) is 6.61 Å². The summed E-state index contributed by atoms with van der Waals surface area (Å²) in [4.78, 5) is 4.31. The van der Waals surface area contributed by atoms with Gasteiger partial charge >= 0.3 is 0 Å². The first-order valence-corrected chi connectivity index (χ1v) is 6.03. The first kappa shape index (κ1) is 11.4. The number of nitrogens with zero attached hydrogens (tertiary/aromatic N) is 1. The number of hydrogen-bond donors (Lipinski definition) is 1. The summed E-state index contributed by atoms with van der Waals surface area (Å²) in [7, 11) is 0. The van der Waals surface area contributed by atoms with Crippen molar-refractivity contribution in [2.24, 2.45) is 5.73 Å². The molecule has 0 spiro atoms. The molecule has 3 heteroatoms. The van der Waals surface area contributed by atoms with Gasteiger partial charge in [-0.05, 0) is 25.8 Å². The lowest BCUT2D eigenvalue weighted by Crippen LogP contribution is -2.47. The standard InChI is InChI=1S/C13H20N2O/c1-11-6-5-7-12(15-11)16-10-13(14)8-3-2-4-9-13/h5-7H,2-4,8-10,14H2,1H3. The number of aromatic nitrogens is 1. The van der Waals surface area contributed by atoms with Gasteiger partial charge in [0.05, 0.1) is 5.54 Å². The predicted molar refractivity (Wildman–Crippen MR) is 64.5 cm³/mol. The molecule has 2 rings (SSSR count). The number of rotatable bonds is 3. The molecule has 1 fully saturated rings. The van der Waals surface area contributed by atoms with Crippen molar-refractivity contribution in [3.8, 4) is 5.88 Å². The van der Waals surface area contributed by atoms with Crippen LogP contribution in [-0.2, 0) is 0 Å². The van der Waals surface area contributed by atoms with Crippen molar-refractivity contribution in [1.29, 1.82) is 0 Å². The third kappa shape index (κ3) is 2.95. The molecule has 0 radical (unpaired) electrons. The van der Waals surface area contributed by atoms with E-state index in [0.29, 0.717) is 12.5 Å². The second-order valence-corrected chi connectivity index (χ2v) is 4.83. The molecule has 2 N–H and O–H groups in total. The second kappa shape index (κ2) is 4.83. The van der Waals surface area contributed by atoms with E-state index in [9.17, 15) is 0 Å². The van der Waals surface area contributed by atoms with E-state index in [4.69, 9.17) is 10.5 Å². The Morgan fingerprint density at radius 3 is 2.75 bits per heavy atom. The van der Waals surface area contributed by atoms with Gasteiger partial charge in [0, 0.05) is 11.8 Å². The van der Waals surface area contributed by atoms with Crippen LogP contribution in [-0.4, -0.2) is 17.1 Å². The summed E-state index contributed by atoms with van der Waals surface area (Å²) >= 11 is 0. The Hall–Kier alpha value is -1.09. The van der Waals surface area contributed by atoms with E-state index in [-0.39, 0.29) is 5.54 Å². The van der Waals surface area contributed by atoms with E-state index < -0.39 is 0 Å². The normalized spacial score (nSPS) is 19.4. The minimum atomic E-state index is -0.135. The summed E-state index contributed by atoms with van der Waals surface area (Å²) in [6.45, 7) is 2.55. The van der Waals surface area contributed by atoms with Crippen LogP contribution in [0, 0.1) is 6.92 Å². The maximum atomic E-state index is 6.29. The Morgan fingerprint density at radius 2 is 2.06 bits per heavy atom. The highest BCUT2D eigenvalue weighted by Crippen LogP contribution is 2.26. The fourth-order valence-corrected chi connectivity index (χ4v) is 2.22. The van der Waals surface area contributed by atoms with Gasteiger partial charge in [0.15, 0.2) is 0 Å². The van der Waals surface area contributed by atoms with Gasteiger partial charge in [-0.15, -0.1) is 0 Å². The topological polar surface area (TPSA) is 48.1 Å². The molecule has 1 aromatic rings. The molecule has 1 heterocycles. The Balaban J connectivity index is 1.91. The maximum absolute atomic E-state index is 6.29. The van der Waals surface area contributed by atoms with E-state index in [1.807, 2.05) is 25.1 Å². The van der Waals surface area contributed by atoms with E-state index in [1.54, 1.807) is 0 Å². The van der Waals surface area contributed by atoms with Crippen LogP contribution in [0.2, 0.25) is 0 Å². The van der Waals surface area contributed by atoms with Gasteiger partial charge < -0.3 is 10.5 Å². The Labute approximate surface area is 97.0 Å². The number of nitrogens with two attached hydrogens (primary N) is 1. The quantitative estimate of drug-likeness (QED) is 0.851. The van der Waals surface area contributed by atoms with E-state index in [2.05, 4.69) is 4.98 Å². The van der Waals surface area contributed by atoms with Crippen LogP contribution in [0.5, 0.6) is 5.88 Å². The molecule has 0 saturated heterocycles. The van der Waals surface area contributed by atoms with Gasteiger partial charge in [-0.2, -0.15) is 0 Å². The van der Waals surface area contributed by atoms with Crippen LogP contribution in [0.15, 0.2) is 18.2 Å². The van der Waals surface area contributed by atoms with Crippen LogP contribution < -0.4 is 10.5 Å². The second-order valence-electron chi connectivity index (χ2n) is 4.83. The lowest BCUT2D eigenvalue weighted by molar-refractivity contribution is 0.169. The average molecular weight is 220 g/mol. The summed E-state index contributed by atoms with van der Waals surface area (Å²) in [5.74, 6) is 0.690. The molecule has 0 bridgehead atoms. The molecule has 1 saturated carbocycles. The van der Waals surface area contributed by atoms with Gasteiger partial charge in [-0.1, -0.05) is 25.3 Å². The minimum Gasteiger partial charge on any atom is -0.476 e. The summed E-state index contributed by atoms with van der Waals surface area (Å²) < 4.78 is 5.69.